The number of fused-ring (bicyclic) bond motifs is 3. The molecule has 28 heavy (non-hydrogen) atoms. The molecule has 1 aromatic heterocycles. The Balaban J connectivity index is 1.66. The number of benzene rings is 2. The third kappa shape index (κ3) is 3.31. The van der Waals surface area contributed by atoms with E-state index in [0.29, 0.717) is 6.42 Å². The summed E-state index contributed by atoms with van der Waals surface area (Å²) in [7, 11) is 1.62. The third-order valence-corrected chi connectivity index (χ3v) is 4.70. The SMILES string of the molecule is COc1ccc2c(c1)CCCc1nc(NC(=O)c3c(F)cccc3F)cnc1-2. The lowest BCUT2D eigenvalue weighted by Gasteiger charge is -2.11. The lowest BCUT2D eigenvalue weighted by molar-refractivity contribution is 0.101. The minimum absolute atomic E-state index is 0.156. The summed E-state index contributed by atoms with van der Waals surface area (Å²) in [6.45, 7) is 0. The molecule has 0 radical (unpaired) electrons. The molecule has 4 rings (SSSR count). The molecule has 0 spiro atoms. The minimum Gasteiger partial charge on any atom is -0.497 e. The van der Waals surface area contributed by atoms with Crippen LogP contribution in [0.5, 0.6) is 5.75 Å². The van der Waals surface area contributed by atoms with Gasteiger partial charge in [0.25, 0.3) is 5.91 Å². The Labute approximate surface area is 160 Å². The van der Waals surface area contributed by atoms with Crippen LogP contribution < -0.4 is 10.1 Å². The fraction of sp³-hybridized carbons (Fsp3) is 0.190. The highest BCUT2D eigenvalue weighted by molar-refractivity contribution is 6.04. The largest absolute Gasteiger partial charge is 0.497 e. The van der Waals surface area contributed by atoms with Gasteiger partial charge in [0, 0.05) is 5.56 Å². The van der Waals surface area contributed by atoms with E-state index in [1.165, 1.54) is 12.3 Å². The van der Waals surface area contributed by atoms with Crippen LogP contribution in [0.2, 0.25) is 0 Å². The number of rotatable bonds is 3. The quantitative estimate of drug-likeness (QED) is 0.740. The second-order valence-corrected chi connectivity index (χ2v) is 6.48. The van der Waals surface area contributed by atoms with Gasteiger partial charge in [0.15, 0.2) is 5.82 Å². The van der Waals surface area contributed by atoms with E-state index in [9.17, 15) is 13.6 Å². The van der Waals surface area contributed by atoms with E-state index >= 15 is 0 Å². The Morgan fingerprint density at radius 2 is 1.93 bits per heavy atom. The first-order chi connectivity index (χ1) is 13.6. The van der Waals surface area contributed by atoms with Crippen LogP contribution in [0.4, 0.5) is 14.6 Å². The number of methoxy groups -OCH3 is 1. The summed E-state index contributed by atoms with van der Waals surface area (Å²) < 4.78 is 32.9. The molecule has 142 valence electrons. The zero-order valence-electron chi connectivity index (χ0n) is 15.1. The van der Waals surface area contributed by atoms with Gasteiger partial charge in [-0.25, -0.2) is 13.8 Å². The van der Waals surface area contributed by atoms with E-state index in [1.807, 2.05) is 18.2 Å². The molecule has 0 saturated heterocycles. The van der Waals surface area contributed by atoms with Gasteiger partial charge < -0.3 is 10.1 Å². The summed E-state index contributed by atoms with van der Waals surface area (Å²) in [5.74, 6) is -1.82. The molecular weight excluding hydrogens is 364 g/mol. The smallest absolute Gasteiger partial charge is 0.262 e. The Kier molecular flexibility index (Phi) is 4.73. The number of hydrogen-bond donors (Lipinski definition) is 1. The zero-order valence-corrected chi connectivity index (χ0v) is 15.1. The number of aryl methyl sites for hydroxylation is 2. The summed E-state index contributed by atoms with van der Waals surface area (Å²) in [6.07, 6.45) is 3.79. The predicted octanol–water partition coefficient (Wildman–Crippen LogP) is 4.17. The van der Waals surface area contributed by atoms with Crippen molar-refractivity contribution in [1.82, 2.24) is 9.97 Å². The first-order valence-corrected chi connectivity index (χ1v) is 8.85. The molecule has 3 aromatic rings. The van der Waals surface area contributed by atoms with Gasteiger partial charge in [-0.05, 0) is 55.2 Å². The van der Waals surface area contributed by atoms with Crippen molar-refractivity contribution >= 4 is 11.7 Å². The number of aromatic nitrogens is 2. The minimum atomic E-state index is -0.928. The first-order valence-electron chi connectivity index (χ1n) is 8.85. The maximum atomic E-state index is 13.8. The Morgan fingerprint density at radius 3 is 2.68 bits per heavy atom. The van der Waals surface area contributed by atoms with Crippen LogP contribution >= 0.6 is 0 Å². The maximum Gasteiger partial charge on any atom is 0.262 e. The van der Waals surface area contributed by atoms with Crippen LogP contribution in [0, 0.1) is 11.6 Å². The fourth-order valence-corrected chi connectivity index (χ4v) is 3.36. The van der Waals surface area contributed by atoms with Crippen LogP contribution in [0.25, 0.3) is 11.3 Å². The van der Waals surface area contributed by atoms with Gasteiger partial charge >= 0.3 is 0 Å². The molecule has 0 aliphatic heterocycles. The van der Waals surface area contributed by atoms with E-state index < -0.39 is 23.1 Å². The van der Waals surface area contributed by atoms with Crippen LogP contribution in [-0.4, -0.2) is 23.0 Å². The maximum absolute atomic E-state index is 13.8. The number of hydrogen-bond acceptors (Lipinski definition) is 4. The molecule has 0 fully saturated rings. The van der Waals surface area contributed by atoms with Gasteiger partial charge in [0.05, 0.1) is 24.7 Å². The van der Waals surface area contributed by atoms with Gasteiger partial charge in [0.2, 0.25) is 0 Å². The molecule has 1 aliphatic carbocycles. The average Bonchev–Trinajstić information content (AvgIpc) is 2.86. The van der Waals surface area contributed by atoms with Crippen LogP contribution in [0.1, 0.15) is 28.0 Å². The highest BCUT2D eigenvalue weighted by Crippen LogP contribution is 2.33. The number of anilines is 1. The Bertz CT molecular complexity index is 1050. The molecule has 0 unspecified atom stereocenters. The second-order valence-electron chi connectivity index (χ2n) is 6.48. The predicted molar refractivity (Wildman–Crippen MR) is 100 cm³/mol. The average molecular weight is 381 g/mol. The van der Waals surface area contributed by atoms with Crippen molar-refractivity contribution in [3.05, 3.63) is 71.1 Å². The topological polar surface area (TPSA) is 64.1 Å². The van der Waals surface area contributed by atoms with E-state index in [4.69, 9.17) is 4.74 Å². The summed E-state index contributed by atoms with van der Waals surface area (Å²) in [4.78, 5) is 21.2. The first kappa shape index (κ1) is 18.0. The Hall–Kier alpha value is -3.35. The number of halogens is 2. The van der Waals surface area contributed by atoms with Crippen molar-refractivity contribution in [2.75, 3.05) is 12.4 Å². The van der Waals surface area contributed by atoms with E-state index in [-0.39, 0.29) is 5.82 Å². The molecule has 0 atom stereocenters. The zero-order chi connectivity index (χ0) is 19.7. The number of ether oxygens (including phenoxy) is 1. The van der Waals surface area contributed by atoms with Crippen molar-refractivity contribution < 1.29 is 18.3 Å². The standard InChI is InChI=1S/C21H17F2N3O2/c1-28-13-8-9-14-12(10-13)4-2-7-17-20(14)24-11-18(25-17)26-21(27)19-15(22)5-3-6-16(19)23/h3,5-6,8-11H,2,4,7H2,1H3,(H,25,26,27). The van der Waals surface area contributed by atoms with Gasteiger partial charge in [-0.15, -0.1) is 0 Å². The molecule has 0 bridgehead atoms. The number of nitrogens with one attached hydrogen (secondary N) is 1. The third-order valence-electron chi connectivity index (χ3n) is 4.70. The van der Waals surface area contributed by atoms with E-state index in [2.05, 4.69) is 15.3 Å². The lowest BCUT2D eigenvalue weighted by atomic mass is 10.0. The molecular formula is C21H17F2N3O2. The Morgan fingerprint density at radius 1 is 1.14 bits per heavy atom. The molecule has 1 amide bonds. The molecule has 7 heteroatoms. The monoisotopic (exact) mass is 381 g/mol. The van der Waals surface area contributed by atoms with Crippen molar-refractivity contribution in [1.29, 1.82) is 0 Å². The van der Waals surface area contributed by atoms with Crippen LogP contribution in [0.15, 0.2) is 42.6 Å². The highest BCUT2D eigenvalue weighted by Gasteiger charge is 2.21. The molecule has 2 aromatic carbocycles. The summed E-state index contributed by atoms with van der Waals surface area (Å²) in [5.41, 5.74) is 2.93. The van der Waals surface area contributed by atoms with Gasteiger partial charge in [-0.3, -0.25) is 9.78 Å². The molecule has 1 N–H and O–H groups in total. The van der Waals surface area contributed by atoms with Crippen molar-refractivity contribution in [2.24, 2.45) is 0 Å². The van der Waals surface area contributed by atoms with Crippen molar-refractivity contribution in [3.63, 3.8) is 0 Å². The summed E-state index contributed by atoms with van der Waals surface area (Å²) >= 11 is 0. The van der Waals surface area contributed by atoms with Crippen molar-refractivity contribution in [3.8, 4) is 17.0 Å². The highest BCUT2D eigenvalue weighted by atomic mass is 19.1. The summed E-state index contributed by atoms with van der Waals surface area (Å²) in [5, 5.41) is 2.44. The summed E-state index contributed by atoms with van der Waals surface area (Å²) in [6, 6.07) is 9.07. The second kappa shape index (κ2) is 7.34. The molecule has 1 aliphatic rings. The number of nitrogens with zero attached hydrogens (tertiary/aromatic N) is 2. The molecule has 5 nitrogen and oxygen atoms in total. The van der Waals surface area contributed by atoms with E-state index in [0.717, 1.165) is 53.2 Å². The van der Waals surface area contributed by atoms with Gasteiger partial charge in [0.1, 0.15) is 22.9 Å². The van der Waals surface area contributed by atoms with E-state index in [1.54, 1.807) is 7.11 Å². The fourth-order valence-electron chi connectivity index (χ4n) is 3.36. The number of carbonyl (C=O) groups excluding carboxylic acids is 1. The van der Waals surface area contributed by atoms with Gasteiger partial charge in [-0.2, -0.15) is 0 Å². The van der Waals surface area contributed by atoms with Crippen LogP contribution in [0.3, 0.4) is 0 Å². The lowest BCUT2D eigenvalue weighted by Crippen LogP contribution is -2.17. The molecule has 0 saturated carbocycles. The van der Waals surface area contributed by atoms with Crippen molar-refractivity contribution in [2.45, 2.75) is 19.3 Å². The normalized spacial score (nSPS) is 12.5. The number of amides is 1. The van der Waals surface area contributed by atoms with Gasteiger partial charge in [-0.1, -0.05) is 6.07 Å². The number of carbonyl (C=O) groups is 1. The molecule has 1 heterocycles. The van der Waals surface area contributed by atoms with Crippen LogP contribution in [-0.2, 0) is 12.8 Å².